The lowest BCUT2D eigenvalue weighted by Gasteiger charge is -2.39. The molecule has 20 heavy (non-hydrogen) atoms. The molecule has 1 saturated heterocycles. The van der Waals surface area contributed by atoms with Crippen molar-refractivity contribution in [3.05, 3.63) is 0 Å². The molecule has 0 aromatic rings. The van der Waals surface area contributed by atoms with Gasteiger partial charge >= 0.3 is 17.9 Å². The minimum Gasteiger partial charge on any atom is -0.458 e. The number of rotatable bonds is 4. The molecule has 1 aliphatic heterocycles. The topological polar surface area (TPSA) is 88.1 Å². The van der Waals surface area contributed by atoms with Crippen molar-refractivity contribution in [1.29, 1.82) is 0 Å². The lowest BCUT2D eigenvalue weighted by atomic mass is 10.1. The predicted octanol–water partition coefficient (Wildman–Crippen LogP) is 0.501. The van der Waals surface area contributed by atoms with Gasteiger partial charge in [0.05, 0.1) is 0 Å². The third kappa shape index (κ3) is 4.68. The first kappa shape index (κ1) is 16.8. The standard InChI is InChI=1S/C12H18O7S/c1-6(13)17-9-5-20-12(16-4)11(19-8(3)15)10(9)18-7(2)14/h9-12H,5H2,1-4H3/t9-,10-,11+,12-/m0/s1. The molecule has 0 radical (unpaired) electrons. The Kier molecular flexibility index (Phi) is 6.28. The van der Waals surface area contributed by atoms with Gasteiger partial charge in [-0.15, -0.1) is 11.8 Å². The SMILES string of the molecule is CO[C@H]1SC[C@H](OC(C)=O)[C@H](OC(C)=O)[C@H]1OC(C)=O. The lowest BCUT2D eigenvalue weighted by molar-refractivity contribution is -0.188. The molecule has 0 unspecified atom stereocenters. The van der Waals surface area contributed by atoms with Crippen LogP contribution in [0.2, 0.25) is 0 Å². The highest BCUT2D eigenvalue weighted by Gasteiger charge is 2.46. The van der Waals surface area contributed by atoms with E-state index in [1.54, 1.807) is 0 Å². The summed E-state index contributed by atoms with van der Waals surface area (Å²) >= 11 is 1.33. The van der Waals surface area contributed by atoms with Crippen molar-refractivity contribution >= 4 is 29.7 Å². The molecule has 0 amide bonds. The molecule has 0 saturated carbocycles. The maximum Gasteiger partial charge on any atom is 0.303 e. The van der Waals surface area contributed by atoms with E-state index in [0.717, 1.165) is 0 Å². The van der Waals surface area contributed by atoms with Gasteiger partial charge in [-0.05, 0) is 0 Å². The Morgan fingerprint density at radius 1 is 0.900 bits per heavy atom. The van der Waals surface area contributed by atoms with Crippen LogP contribution in [0.1, 0.15) is 20.8 Å². The Balaban J connectivity index is 2.95. The van der Waals surface area contributed by atoms with Crippen molar-refractivity contribution < 1.29 is 33.3 Å². The van der Waals surface area contributed by atoms with Gasteiger partial charge in [-0.2, -0.15) is 0 Å². The van der Waals surface area contributed by atoms with Crippen LogP contribution < -0.4 is 0 Å². The molecule has 1 heterocycles. The van der Waals surface area contributed by atoms with E-state index in [2.05, 4.69) is 0 Å². The summed E-state index contributed by atoms with van der Waals surface area (Å²) in [6, 6.07) is 0. The molecule has 7 nitrogen and oxygen atoms in total. The van der Waals surface area contributed by atoms with Gasteiger partial charge in [0.25, 0.3) is 0 Å². The van der Waals surface area contributed by atoms with Crippen molar-refractivity contribution in [2.45, 2.75) is 44.5 Å². The van der Waals surface area contributed by atoms with E-state index in [-0.39, 0.29) is 0 Å². The zero-order valence-electron chi connectivity index (χ0n) is 11.8. The summed E-state index contributed by atoms with van der Waals surface area (Å²) in [5.74, 6) is -1.19. The summed E-state index contributed by atoms with van der Waals surface area (Å²) < 4.78 is 20.7. The number of methoxy groups -OCH3 is 1. The van der Waals surface area contributed by atoms with Gasteiger partial charge in [0.15, 0.2) is 18.3 Å². The third-order valence-corrected chi connectivity index (χ3v) is 3.85. The molecule has 1 fully saturated rings. The lowest BCUT2D eigenvalue weighted by Crippen LogP contribution is -2.54. The molecule has 0 aromatic carbocycles. The van der Waals surface area contributed by atoms with Crippen molar-refractivity contribution in [1.82, 2.24) is 0 Å². The van der Waals surface area contributed by atoms with E-state index in [1.165, 1.54) is 39.6 Å². The maximum atomic E-state index is 11.2. The quantitative estimate of drug-likeness (QED) is 0.548. The molecule has 114 valence electrons. The first-order chi connectivity index (χ1) is 9.35. The summed E-state index contributed by atoms with van der Waals surface area (Å²) in [5.41, 5.74) is -0.491. The van der Waals surface area contributed by atoms with Crippen LogP contribution in [0.15, 0.2) is 0 Å². The van der Waals surface area contributed by atoms with Crippen LogP contribution in [0.25, 0.3) is 0 Å². The molecule has 4 atom stereocenters. The summed E-state index contributed by atoms with van der Waals surface area (Å²) in [6.07, 6.45) is -2.40. The Labute approximate surface area is 121 Å². The number of esters is 3. The molecule has 1 rings (SSSR count). The molecule has 0 bridgehead atoms. The zero-order chi connectivity index (χ0) is 15.3. The van der Waals surface area contributed by atoms with Crippen LogP contribution in [-0.2, 0) is 33.3 Å². The first-order valence-electron chi connectivity index (χ1n) is 6.01. The van der Waals surface area contributed by atoms with E-state index in [4.69, 9.17) is 18.9 Å². The molecule has 0 aromatic heterocycles. The average molecular weight is 306 g/mol. The predicted molar refractivity (Wildman–Crippen MR) is 69.9 cm³/mol. The van der Waals surface area contributed by atoms with Crippen LogP contribution >= 0.6 is 11.8 Å². The van der Waals surface area contributed by atoms with Gasteiger partial charge in [-0.25, -0.2) is 0 Å². The van der Waals surface area contributed by atoms with E-state index >= 15 is 0 Å². The highest BCUT2D eigenvalue weighted by molar-refractivity contribution is 7.99. The van der Waals surface area contributed by atoms with Gasteiger partial charge in [0, 0.05) is 33.6 Å². The van der Waals surface area contributed by atoms with Crippen LogP contribution in [0, 0.1) is 0 Å². The summed E-state index contributed by atoms with van der Waals surface area (Å²) in [7, 11) is 1.46. The van der Waals surface area contributed by atoms with Crippen molar-refractivity contribution in [3.63, 3.8) is 0 Å². The second-order valence-corrected chi connectivity index (χ2v) is 5.36. The van der Waals surface area contributed by atoms with Crippen LogP contribution in [-0.4, -0.2) is 54.5 Å². The maximum absolute atomic E-state index is 11.2. The van der Waals surface area contributed by atoms with Crippen molar-refractivity contribution in [2.75, 3.05) is 12.9 Å². The molecular formula is C12H18O7S. The molecule has 0 N–H and O–H groups in total. The number of carbonyl (C=O) groups excluding carboxylic acids is 3. The number of hydrogen-bond donors (Lipinski definition) is 0. The Morgan fingerprint density at radius 3 is 1.85 bits per heavy atom. The average Bonchev–Trinajstić information content (AvgIpc) is 2.31. The second kappa shape index (κ2) is 7.49. The fourth-order valence-electron chi connectivity index (χ4n) is 1.91. The second-order valence-electron chi connectivity index (χ2n) is 4.23. The number of thioether (sulfide) groups is 1. The minimum atomic E-state index is -0.883. The first-order valence-corrected chi connectivity index (χ1v) is 7.06. The van der Waals surface area contributed by atoms with Gasteiger partial charge < -0.3 is 18.9 Å². The van der Waals surface area contributed by atoms with Crippen LogP contribution in [0.4, 0.5) is 0 Å². The van der Waals surface area contributed by atoms with Gasteiger partial charge in [-0.3, -0.25) is 14.4 Å². The number of carbonyl (C=O) groups is 3. The van der Waals surface area contributed by atoms with Crippen molar-refractivity contribution in [3.8, 4) is 0 Å². The summed E-state index contributed by atoms with van der Waals surface area (Å²) in [5, 5.41) is 0. The minimum absolute atomic E-state index is 0.383. The van der Waals surface area contributed by atoms with E-state index < -0.39 is 41.7 Å². The van der Waals surface area contributed by atoms with Gasteiger partial charge in [0.1, 0.15) is 5.44 Å². The largest absolute Gasteiger partial charge is 0.458 e. The van der Waals surface area contributed by atoms with E-state index in [9.17, 15) is 14.4 Å². The van der Waals surface area contributed by atoms with Crippen molar-refractivity contribution in [2.24, 2.45) is 0 Å². The Bertz CT molecular complexity index is 384. The number of ether oxygens (including phenoxy) is 4. The molecule has 1 aliphatic rings. The van der Waals surface area contributed by atoms with Gasteiger partial charge in [-0.1, -0.05) is 0 Å². The highest BCUT2D eigenvalue weighted by atomic mass is 32.2. The molecule has 0 spiro atoms. The number of hydrogen-bond acceptors (Lipinski definition) is 8. The highest BCUT2D eigenvalue weighted by Crippen LogP contribution is 2.32. The van der Waals surface area contributed by atoms with E-state index in [0.29, 0.717) is 5.75 Å². The smallest absolute Gasteiger partial charge is 0.303 e. The van der Waals surface area contributed by atoms with Crippen LogP contribution in [0.5, 0.6) is 0 Å². The summed E-state index contributed by atoms with van der Waals surface area (Å²) in [4.78, 5) is 33.5. The van der Waals surface area contributed by atoms with E-state index in [1.807, 2.05) is 0 Å². The fourth-order valence-corrected chi connectivity index (χ4v) is 3.08. The normalized spacial score (nSPS) is 29.4. The molecule has 0 aliphatic carbocycles. The Hall–Kier alpha value is -1.28. The zero-order valence-corrected chi connectivity index (χ0v) is 12.6. The monoisotopic (exact) mass is 306 g/mol. The molecular weight excluding hydrogens is 288 g/mol. The van der Waals surface area contributed by atoms with Crippen LogP contribution in [0.3, 0.4) is 0 Å². The summed E-state index contributed by atoms with van der Waals surface area (Å²) in [6.45, 7) is 3.75. The van der Waals surface area contributed by atoms with Gasteiger partial charge in [0.2, 0.25) is 0 Å². The fraction of sp³-hybridized carbons (Fsp3) is 0.750. The third-order valence-electron chi connectivity index (χ3n) is 2.54. The molecule has 8 heteroatoms. The Morgan fingerprint density at radius 2 is 1.40 bits per heavy atom.